The third kappa shape index (κ3) is 3.19. The summed E-state index contributed by atoms with van der Waals surface area (Å²) in [7, 11) is 1.61. The molecule has 1 amide bonds. The van der Waals surface area contributed by atoms with Gasteiger partial charge in [0.25, 0.3) is 0 Å². The van der Waals surface area contributed by atoms with Crippen molar-refractivity contribution in [3.8, 4) is 5.75 Å². The molecule has 1 aromatic heterocycles. The van der Waals surface area contributed by atoms with Crippen molar-refractivity contribution in [2.24, 2.45) is 0 Å². The lowest BCUT2D eigenvalue weighted by Crippen LogP contribution is -2.26. The third-order valence-electron chi connectivity index (χ3n) is 2.70. The molecule has 0 spiro atoms. The normalized spacial score (nSPS) is 10.4. The lowest BCUT2D eigenvalue weighted by atomic mass is 10.2. The molecule has 2 aromatic rings. The number of fused-ring (bicyclic) bond motifs is 1. The lowest BCUT2D eigenvalue weighted by Gasteiger charge is -2.03. The number of rotatable bonds is 5. The van der Waals surface area contributed by atoms with E-state index in [2.05, 4.69) is 5.32 Å². The van der Waals surface area contributed by atoms with Gasteiger partial charge in [-0.15, -0.1) is 0 Å². The first-order valence-electron chi connectivity index (χ1n) is 6.20. The molecule has 0 unspecified atom stereocenters. The third-order valence-corrected chi connectivity index (χ3v) is 2.70. The van der Waals surface area contributed by atoms with Gasteiger partial charge in [-0.1, -0.05) is 12.1 Å². The molecule has 1 heterocycles. The average molecular weight is 263 g/mol. The van der Waals surface area contributed by atoms with E-state index in [9.17, 15) is 4.79 Å². The van der Waals surface area contributed by atoms with Crippen LogP contribution in [0.25, 0.3) is 11.0 Å². The Bertz CT molecular complexity index is 562. The van der Waals surface area contributed by atoms with Crippen molar-refractivity contribution in [1.82, 2.24) is 5.32 Å². The van der Waals surface area contributed by atoms with Gasteiger partial charge < -0.3 is 19.2 Å². The Hall–Kier alpha value is -2.17. The fourth-order valence-electron chi connectivity index (χ4n) is 1.84. The molecule has 2 rings (SSSR count). The van der Waals surface area contributed by atoms with E-state index in [4.69, 9.17) is 13.9 Å². The predicted octanol–water partition coefficient (Wildman–Crippen LogP) is 2.73. The van der Waals surface area contributed by atoms with Crippen LogP contribution in [0.4, 0.5) is 4.79 Å². The monoisotopic (exact) mass is 263 g/mol. The summed E-state index contributed by atoms with van der Waals surface area (Å²) < 4.78 is 15.7. The van der Waals surface area contributed by atoms with Gasteiger partial charge in [0.2, 0.25) is 0 Å². The maximum Gasteiger partial charge on any atom is 0.407 e. The summed E-state index contributed by atoms with van der Waals surface area (Å²) in [5, 5.41) is 3.64. The summed E-state index contributed by atoms with van der Waals surface area (Å²) in [4.78, 5) is 11.1. The zero-order chi connectivity index (χ0) is 13.7. The molecule has 19 heavy (non-hydrogen) atoms. The molecule has 1 N–H and O–H groups in total. The highest BCUT2D eigenvalue weighted by Gasteiger charge is 2.08. The van der Waals surface area contributed by atoms with Gasteiger partial charge >= 0.3 is 6.09 Å². The van der Waals surface area contributed by atoms with Crippen molar-refractivity contribution in [2.45, 2.75) is 13.3 Å². The van der Waals surface area contributed by atoms with Gasteiger partial charge in [-0.2, -0.15) is 0 Å². The van der Waals surface area contributed by atoms with Crippen LogP contribution in [-0.4, -0.2) is 26.4 Å². The van der Waals surface area contributed by atoms with Gasteiger partial charge in [-0.3, -0.25) is 0 Å². The number of hydrogen-bond acceptors (Lipinski definition) is 4. The van der Waals surface area contributed by atoms with E-state index in [-0.39, 0.29) is 0 Å². The molecule has 0 aliphatic carbocycles. The van der Waals surface area contributed by atoms with Crippen LogP contribution in [0, 0.1) is 0 Å². The number of carbonyl (C=O) groups excluding carboxylic acids is 1. The zero-order valence-electron chi connectivity index (χ0n) is 11.1. The van der Waals surface area contributed by atoms with E-state index in [1.54, 1.807) is 14.0 Å². The van der Waals surface area contributed by atoms with E-state index in [0.29, 0.717) is 25.3 Å². The van der Waals surface area contributed by atoms with Crippen molar-refractivity contribution < 1.29 is 18.7 Å². The van der Waals surface area contributed by atoms with E-state index in [1.807, 2.05) is 24.3 Å². The van der Waals surface area contributed by atoms with Gasteiger partial charge in [0.15, 0.2) is 11.3 Å². The Kier molecular flexibility index (Phi) is 4.28. The van der Waals surface area contributed by atoms with Crippen LogP contribution in [0.5, 0.6) is 5.75 Å². The van der Waals surface area contributed by atoms with Crippen LogP contribution >= 0.6 is 0 Å². The fraction of sp³-hybridized carbons (Fsp3) is 0.357. The number of ether oxygens (including phenoxy) is 2. The van der Waals surface area contributed by atoms with Crippen molar-refractivity contribution in [2.75, 3.05) is 20.3 Å². The summed E-state index contributed by atoms with van der Waals surface area (Å²) in [6.45, 7) is 2.61. The van der Waals surface area contributed by atoms with Crippen molar-refractivity contribution in [3.05, 3.63) is 30.0 Å². The number of hydrogen-bond donors (Lipinski definition) is 1. The van der Waals surface area contributed by atoms with Crippen LogP contribution in [0.2, 0.25) is 0 Å². The first-order chi connectivity index (χ1) is 9.24. The van der Waals surface area contributed by atoms with Gasteiger partial charge in [0.1, 0.15) is 5.76 Å². The van der Waals surface area contributed by atoms with E-state index in [1.165, 1.54) is 0 Å². The highest BCUT2D eigenvalue weighted by molar-refractivity contribution is 5.83. The number of amides is 1. The molecule has 0 radical (unpaired) electrons. The first-order valence-corrected chi connectivity index (χ1v) is 6.20. The maximum absolute atomic E-state index is 11.1. The summed E-state index contributed by atoms with van der Waals surface area (Å²) in [5.41, 5.74) is 0.733. The quantitative estimate of drug-likeness (QED) is 0.901. The Morgan fingerprint density at radius 1 is 1.42 bits per heavy atom. The number of alkyl carbamates (subject to hydrolysis) is 1. The molecule has 0 bridgehead atoms. The van der Waals surface area contributed by atoms with Crippen molar-refractivity contribution >= 4 is 17.1 Å². The number of para-hydroxylation sites is 1. The average Bonchev–Trinajstić information content (AvgIpc) is 2.81. The van der Waals surface area contributed by atoms with Gasteiger partial charge in [0, 0.05) is 18.4 Å². The molecule has 0 saturated heterocycles. The van der Waals surface area contributed by atoms with E-state index in [0.717, 1.165) is 16.7 Å². The Morgan fingerprint density at radius 3 is 3.00 bits per heavy atom. The van der Waals surface area contributed by atoms with E-state index < -0.39 is 6.09 Å². The Balaban J connectivity index is 2.00. The predicted molar refractivity (Wildman–Crippen MR) is 71.5 cm³/mol. The molecule has 0 aliphatic rings. The molecule has 0 aliphatic heterocycles. The maximum atomic E-state index is 11.1. The highest BCUT2D eigenvalue weighted by Crippen LogP contribution is 2.28. The molecule has 102 valence electrons. The topological polar surface area (TPSA) is 60.7 Å². The van der Waals surface area contributed by atoms with Crippen LogP contribution in [-0.2, 0) is 11.2 Å². The molecule has 0 saturated carbocycles. The molecule has 0 fully saturated rings. The summed E-state index contributed by atoms with van der Waals surface area (Å²) in [6.07, 6.45) is 0.201. The first kappa shape index (κ1) is 13.3. The largest absolute Gasteiger partial charge is 0.493 e. The highest BCUT2D eigenvalue weighted by atomic mass is 16.5. The van der Waals surface area contributed by atoms with Crippen molar-refractivity contribution in [3.63, 3.8) is 0 Å². The van der Waals surface area contributed by atoms with Gasteiger partial charge in [-0.25, -0.2) is 4.79 Å². The molecule has 5 heteroatoms. The number of benzene rings is 1. The summed E-state index contributed by atoms with van der Waals surface area (Å²) in [5.74, 6) is 1.51. The molecule has 1 aromatic carbocycles. The molecular weight excluding hydrogens is 246 g/mol. The number of carbonyl (C=O) groups is 1. The molecular formula is C14H17NO4. The molecule has 0 atom stereocenters. The minimum Gasteiger partial charge on any atom is -0.493 e. The van der Waals surface area contributed by atoms with Crippen LogP contribution in [0.15, 0.2) is 28.7 Å². The minimum atomic E-state index is -0.406. The van der Waals surface area contributed by atoms with Crippen LogP contribution < -0.4 is 10.1 Å². The minimum absolute atomic E-state index is 0.369. The summed E-state index contributed by atoms with van der Waals surface area (Å²) in [6, 6.07) is 7.68. The number of methoxy groups -OCH3 is 1. The Morgan fingerprint density at radius 2 is 2.26 bits per heavy atom. The van der Waals surface area contributed by atoms with Crippen LogP contribution in [0.1, 0.15) is 12.7 Å². The van der Waals surface area contributed by atoms with Gasteiger partial charge in [-0.05, 0) is 19.1 Å². The second kappa shape index (κ2) is 6.13. The number of nitrogens with one attached hydrogen (secondary N) is 1. The SMILES string of the molecule is CCOC(=O)NCCc1cc2cccc(OC)c2o1. The smallest absolute Gasteiger partial charge is 0.407 e. The zero-order valence-corrected chi connectivity index (χ0v) is 11.1. The molecule has 5 nitrogen and oxygen atoms in total. The summed E-state index contributed by atoms with van der Waals surface area (Å²) >= 11 is 0. The number of furan rings is 1. The Labute approximate surface area is 111 Å². The standard InChI is InChI=1S/C14H17NO4/c1-3-18-14(16)15-8-7-11-9-10-5-4-6-12(17-2)13(10)19-11/h4-6,9H,3,7-8H2,1-2H3,(H,15,16). The lowest BCUT2D eigenvalue weighted by molar-refractivity contribution is 0.152. The second-order valence-corrected chi connectivity index (χ2v) is 3.99. The van der Waals surface area contributed by atoms with Gasteiger partial charge in [0.05, 0.1) is 13.7 Å². The van der Waals surface area contributed by atoms with E-state index >= 15 is 0 Å². The second-order valence-electron chi connectivity index (χ2n) is 3.99. The van der Waals surface area contributed by atoms with Crippen molar-refractivity contribution in [1.29, 1.82) is 0 Å². The van der Waals surface area contributed by atoms with Crippen LogP contribution in [0.3, 0.4) is 0 Å². The fourth-order valence-corrected chi connectivity index (χ4v) is 1.84.